The first kappa shape index (κ1) is 32.9. The minimum absolute atomic E-state index is 0. The van der Waals surface area contributed by atoms with Crippen molar-refractivity contribution in [2.75, 3.05) is 46.6 Å². The van der Waals surface area contributed by atoms with Crippen molar-refractivity contribution in [3.05, 3.63) is 34.2 Å². The number of halogens is 1. The minimum Gasteiger partial charge on any atom is -1.00 e. The van der Waals surface area contributed by atoms with Gasteiger partial charge >= 0.3 is 5.97 Å². The summed E-state index contributed by atoms with van der Waals surface area (Å²) in [5, 5.41) is 4.48. The van der Waals surface area contributed by atoms with Crippen LogP contribution in [0.2, 0.25) is 0 Å². The van der Waals surface area contributed by atoms with Gasteiger partial charge in [0.25, 0.3) is 5.56 Å². The summed E-state index contributed by atoms with van der Waals surface area (Å²) in [5.41, 5.74) is 1.62. The van der Waals surface area contributed by atoms with E-state index in [0.29, 0.717) is 52.9 Å². The maximum atomic E-state index is 13.7. The molecule has 1 aromatic carbocycles. The lowest BCUT2D eigenvalue weighted by Crippen LogP contribution is -3.00. The van der Waals surface area contributed by atoms with Crippen molar-refractivity contribution in [2.45, 2.75) is 45.4 Å². The van der Waals surface area contributed by atoms with Crippen molar-refractivity contribution in [1.82, 2.24) is 24.1 Å². The van der Waals surface area contributed by atoms with Crippen LogP contribution < -0.4 is 34.3 Å². The van der Waals surface area contributed by atoms with Crippen LogP contribution in [0.3, 0.4) is 0 Å². The van der Waals surface area contributed by atoms with E-state index in [1.54, 1.807) is 27.0 Å². The molecule has 0 saturated carbocycles. The van der Waals surface area contributed by atoms with Gasteiger partial charge in [0.1, 0.15) is 11.6 Å². The average molecular weight is 703 g/mol. The third-order valence-corrected chi connectivity index (χ3v) is 9.07. The third kappa shape index (κ3) is 6.92. The Morgan fingerprint density at radius 2 is 1.88 bits per heavy atom. The molecule has 14 heteroatoms. The zero-order chi connectivity index (χ0) is 29.2. The number of piperazine rings is 1. The van der Waals surface area contributed by atoms with Gasteiger partial charge in [0.15, 0.2) is 5.52 Å². The number of likely N-dealkylation sites (N-methyl/N-ethyl adjacent to an activating group) is 1. The number of aryl methyl sites for hydroxylation is 2. The molecule has 0 aliphatic carbocycles. The molecule has 3 heterocycles. The molecule has 41 heavy (non-hydrogen) atoms. The molecule has 12 nitrogen and oxygen atoms in total. The van der Waals surface area contributed by atoms with E-state index in [-0.39, 0.29) is 66.4 Å². The number of carbonyl (C=O) groups is 1. The second-order valence-electron chi connectivity index (χ2n) is 10.7. The molecule has 1 fully saturated rings. The number of carbonyl (C=O) groups excluding carboxylic acids is 1. The first-order chi connectivity index (χ1) is 18.9. The molecule has 1 N–H and O–H groups in total. The van der Waals surface area contributed by atoms with Crippen molar-refractivity contribution in [2.24, 2.45) is 13.0 Å². The summed E-state index contributed by atoms with van der Waals surface area (Å²) in [5.74, 6) is 0.149. The smallest absolute Gasteiger partial charge is 0.312 e. The monoisotopic (exact) mass is 702 g/mol. The Labute approximate surface area is 257 Å². The summed E-state index contributed by atoms with van der Waals surface area (Å²) < 4.78 is 42.1. The molecular formula is C27H39IN6O6S. The Morgan fingerprint density at radius 1 is 1.20 bits per heavy atom. The van der Waals surface area contributed by atoms with E-state index in [1.165, 1.54) is 21.1 Å². The van der Waals surface area contributed by atoms with Crippen molar-refractivity contribution in [1.29, 1.82) is 0 Å². The van der Waals surface area contributed by atoms with E-state index in [1.807, 2.05) is 20.9 Å². The number of sulfonamides is 1. The molecular weight excluding hydrogens is 663 g/mol. The highest BCUT2D eigenvalue weighted by molar-refractivity contribution is 7.89. The molecule has 0 radical (unpaired) electrons. The number of rotatable bonds is 10. The molecule has 2 aromatic heterocycles. The molecule has 0 amide bonds. The van der Waals surface area contributed by atoms with Crippen molar-refractivity contribution in [3.63, 3.8) is 0 Å². The fourth-order valence-electron chi connectivity index (χ4n) is 4.77. The van der Waals surface area contributed by atoms with Crippen LogP contribution in [-0.2, 0) is 33.0 Å². The topological polar surface area (TPSA) is 136 Å². The Hall–Kier alpha value is -2.56. The number of nitrogens with one attached hydrogen (secondary N) is 1. The fraction of sp³-hybridized carbons (Fsp3) is 0.556. The first-order valence-electron chi connectivity index (χ1n) is 13.6. The highest BCUT2D eigenvalue weighted by atomic mass is 127. The van der Waals surface area contributed by atoms with Gasteiger partial charge in [-0.25, -0.2) is 8.42 Å². The summed E-state index contributed by atoms with van der Waals surface area (Å²) in [4.78, 5) is 32.5. The van der Waals surface area contributed by atoms with Gasteiger partial charge in [-0.1, -0.05) is 27.2 Å². The van der Waals surface area contributed by atoms with Crippen LogP contribution in [0.4, 0.5) is 0 Å². The second-order valence-corrected chi connectivity index (χ2v) is 12.7. The molecule has 1 saturated heterocycles. The first-order valence-corrected chi connectivity index (χ1v) is 15.1. The number of fused-ring (bicyclic) bond motifs is 1. The molecule has 0 spiro atoms. The number of aromatic amines is 1. The van der Waals surface area contributed by atoms with E-state index in [4.69, 9.17) is 9.47 Å². The van der Waals surface area contributed by atoms with Gasteiger partial charge in [-0.15, -0.1) is 0 Å². The SMILES string of the molecule is CCCc1nn(C)c2c(=O)nc(-c3cc(S(=O)(=O)N4CC[N+](C)(COC(=O)C(C)C)CC4)ccc3OCC)[nH]c12.[I-]. The Kier molecular flexibility index (Phi) is 10.6. The quantitative estimate of drug-likeness (QED) is 0.166. The Balaban J connectivity index is 0.00000462. The number of ether oxygens (including phenoxy) is 2. The Morgan fingerprint density at radius 3 is 2.49 bits per heavy atom. The van der Waals surface area contributed by atoms with Crippen LogP contribution in [-0.4, -0.2) is 89.5 Å². The molecule has 0 atom stereocenters. The summed E-state index contributed by atoms with van der Waals surface area (Å²) in [6, 6.07) is 4.62. The molecule has 3 aromatic rings. The fourth-order valence-corrected chi connectivity index (χ4v) is 6.22. The van der Waals surface area contributed by atoms with E-state index in [9.17, 15) is 18.0 Å². The van der Waals surface area contributed by atoms with Crippen LogP contribution in [0.1, 0.15) is 39.8 Å². The van der Waals surface area contributed by atoms with Gasteiger partial charge in [0.2, 0.25) is 16.8 Å². The maximum Gasteiger partial charge on any atom is 0.312 e. The zero-order valence-corrected chi connectivity index (χ0v) is 27.4. The van der Waals surface area contributed by atoms with Crippen LogP contribution >= 0.6 is 0 Å². The van der Waals surface area contributed by atoms with Gasteiger partial charge in [-0.2, -0.15) is 14.4 Å². The van der Waals surface area contributed by atoms with E-state index >= 15 is 0 Å². The predicted octanol–water partition coefficient (Wildman–Crippen LogP) is -0.714. The molecule has 1 aliphatic rings. The number of H-pyrrole nitrogens is 1. The van der Waals surface area contributed by atoms with Crippen molar-refractivity contribution >= 4 is 27.0 Å². The Bertz CT molecular complexity index is 1560. The molecule has 226 valence electrons. The lowest BCUT2D eigenvalue weighted by Gasteiger charge is -2.40. The van der Waals surface area contributed by atoms with Gasteiger partial charge in [-0.05, 0) is 31.5 Å². The number of benzene rings is 1. The average Bonchev–Trinajstić information content (AvgIpc) is 3.23. The van der Waals surface area contributed by atoms with Crippen molar-refractivity contribution in [3.8, 4) is 17.1 Å². The summed E-state index contributed by atoms with van der Waals surface area (Å²) in [6.45, 7) is 9.53. The summed E-state index contributed by atoms with van der Waals surface area (Å²) in [7, 11) is -0.204. The van der Waals surface area contributed by atoms with Gasteiger partial charge in [0, 0.05) is 7.05 Å². The maximum absolute atomic E-state index is 13.7. The molecule has 0 bridgehead atoms. The summed E-state index contributed by atoms with van der Waals surface area (Å²) in [6.07, 6.45) is 1.52. The molecule has 1 aliphatic heterocycles. The number of hydrogen-bond donors (Lipinski definition) is 1. The summed E-state index contributed by atoms with van der Waals surface area (Å²) >= 11 is 0. The predicted molar refractivity (Wildman–Crippen MR) is 150 cm³/mol. The lowest BCUT2D eigenvalue weighted by molar-refractivity contribution is -0.928. The zero-order valence-electron chi connectivity index (χ0n) is 24.4. The van der Waals surface area contributed by atoms with E-state index in [0.717, 1.165) is 12.1 Å². The van der Waals surface area contributed by atoms with Gasteiger partial charge < -0.3 is 38.4 Å². The van der Waals surface area contributed by atoms with Crippen LogP contribution in [0.15, 0.2) is 27.9 Å². The largest absolute Gasteiger partial charge is 1.00 e. The normalized spacial score (nSPS) is 15.6. The minimum atomic E-state index is -3.86. The van der Waals surface area contributed by atoms with E-state index in [2.05, 4.69) is 15.1 Å². The molecule has 0 unspecified atom stereocenters. The number of hydrogen-bond acceptors (Lipinski definition) is 8. The number of aromatic nitrogens is 4. The van der Waals surface area contributed by atoms with E-state index < -0.39 is 15.6 Å². The van der Waals surface area contributed by atoms with Crippen LogP contribution in [0.5, 0.6) is 5.75 Å². The third-order valence-electron chi connectivity index (χ3n) is 7.18. The highest BCUT2D eigenvalue weighted by Gasteiger charge is 2.36. The number of nitrogens with zero attached hydrogens (tertiary/aromatic N) is 5. The van der Waals surface area contributed by atoms with Gasteiger partial charge in [-0.3, -0.25) is 18.8 Å². The second kappa shape index (κ2) is 13.2. The number of quaternary nitrogens is 1. The van der Waals surface area contributed by atoms with Crippen LogP contribution in [0.25, 0.3) is 22.4 Å². The molecule has 4 rings (SSSR count). The standard InChI is InChI=1S/C27H38N6O6S.HI/c1-7-9-21-23-24(31(5)30-21)26(34)29-25(28-23)20-16-19(10-11-22(20)38-8-2)40(36,37)32-12-14-33(6,15-13-32)17-39-27(35)18(3)4;/h10-11,16,18H,7-9,12-15,17H2,1-6H3;1H. The number of esters is 1. The van der Waals surface area contributed by atoms with Gasteiger partial charge in [0.05, 0.1) is 67.4 Å². The van der Waals surface area contributed by atoms with Crippen molar-refractivity contribution < 1.29 is 51.1 Å². The lowest BCUT2D eigenvalue weighted by atomic mass is 10.1. The highest BCUT2D eigenvalue weighted by Crippen LogP contribution is 2.32. The van der Waals surface area contributed by atoms with Crippen LogP contribution in [0, 0.1) is 5.92 Å².